The standard InChI is InChI=1S/C15H16BrFN2O2/c16-10-1-2-12(17)11(7-10)14(21)19-5-3-15(4-6-19)8-13(20)18-9-15/h1-2,7H,3-6,8-9H2,(H,18,20). The average molecular weight is 355 g/mol. The Labute approximate surface area is 130 Å². The molecular formula is C15H16BrFN2O2. The summed E-state index contributed by atoms with van der Waals surface area (Å²) < 4.78 is 14.5. The minimum atomic E-state index is -0.499. The molecule has 0 saturated carbocycles. The van der Waals surface area contributed by atoms with E-state index < -0.39 is 5.82 Å². The zero-order valence-corrected chi connectivity index (χ0v) is 13.1. The van der Waals surface area contributed by atoms with Gasteiger partial charge in [-0.3, -0.25) is 9.59 Å². The molecule has 0 aromatic heterocycles. The van der Waals surface area contributed by atoms with E-state index in [1.54, 1.807) is 11.0 Å². The summed E-state index contributed by atoms with van der Waals surface area (Å²) in [5, 5.41) is 2.86. The second-order valence-corrected chi connectivity index (χ2v) is 6.79. The molecule has 0 bridgehead atoms. The van der Waals surface area contributed by atoms with Crippen molar-refractivity contribution in [1.29, 1.82) is 0 Å². The number of amides is 2. The maximum absolute atomic E-state index is 13.8. The van der Waals surface area contributed by atoms with E-state index >= 15 is 0 Å². The van der Waals surface area contributed by atoms with Crippen molar-refractivity contribution in [2.24, 2.45) is 5.41 Å². The van der Waals surface area contributed by atoms with Crippen LogP contribution in [-0.4, -0.2) is 36.3 Å². The number of carbonyl (C=O) groups excluding carboxylic acids is 2. The van der Waals surface area contributed by atoms with Crippen LogP contribution in [0.4, 0.5) is 4.39 Å². The molecule has 0 aliphatic carbocycles. The first kappa shape index (κ1) is 14.5. The van der Waals surface area contributed by atoms with E-state index in [1.807, 2.05) is 0 Å². The first-order chi connectivity index (χ1) is 9.99. The number of hydrogen-bond acceptors (Lipinski definition) is 2. The Bertz CT molecular complexity index is 597. The van der Waals surface area contributed by atoms with Crippen molar-refractivity contribution in [2.75, 3.05) is 19.6 Å². The molecule has 1 aromatic carbocycles. The molecule has 1 spiro atoms. The lowest BCUT2D eigenvalue weighted by Crippen LogP contribution is -2.44. The Morgan fingerprint density at radius 2 is 2.05 bits per heavy atom. The summed E-state index contributed by atoms with van der Waals surface area (Å²) in [4.78, 5) is 25.5. The van der Waals surface area contributed by atoms with Gasteiger partial charge in [-0.15, -0.1) is 0 Å². The Balaban J connectivity index is 1.70. The van der Waals surface area contributed by atoms with Crippen molar-refractivity contribution in [3.63, 3.8) is 0 Å². The van der Waals surface area contributed by atoms with Gasteiger partial charge in [-0.1, -0.05) is 15.9 Å². The van der Waals surface area contributed by atoms with Crippen molar-refractivity contribution in [3.8, 4) is 0 Å². The molecule has 3 rings (SSSR count). The number of benzene rings is 1. The molecule has 2 fully saturated rings. The fraction of sp³-hybridized carbons (Fsp3) is 0.467. The maximum Gasteiger partial charge on any atom is 0.256 e. The monoisotopic (exact) mass is 354 g/mol. The van der Waals surface area contributed by atoms with Gasteiger partial charge in [0.25, 0.3) is 5.91 Å². The molecule has 2 amide bonds. The van der Waals surface area contributed by atoms with Crippen LogP contribution < -0.4 is 5.32 Å². The van der Waals surface area contributed by atoms with Crippen molar-refractivity contribution in [2.45, 2.75) is 19.3 Å². The molecule has 21 heavy (non-hydrogen) atoms. The molecule has 0 unspecified atom stereocenters. The number of carbonyl (C=O) groups is 2. The summed E-state index contributed by atoms with van der Waals surface area (Å²) in [6, 6.07) is 4.39. The number of hydrogen-bond donors (Lipinski definition) is 1. The van der Waals surface area contributed by atoms with Crippen LogP contribution in [0.25, 0.3) is 0 Å². The van der Waals surface area contributed by atoms with E-state index in [9.17, 15) is 14.0 Å². The Kier molecular flexibility index (Phi) is 3.73. The van der Waals surface area contributed by atoms with Gasteiger partial charge < -0.3 is 10.2 Å². The highest BCUT2D eigenvalue weighted by molar-refractivity contribution is 9.10. The van der Waals surface area contributed by atoms with Gasteiger partial charge in [0.05, 0.1) is 5.56 Å². The minimum Gasteiger partial charge on any atom is -0.356 e. The first-order valence-electron chi connectivity index (χ1n) is 7.00. The summed E-state index contributed by atoms with van der Waals surface area (Å²) in [6.45, 7) is 1.83. The Hall–Kier alpha value is -1.43. The second kappa shape index (κ2) is 5.40. The van der Waals surface area contributed by atoms with Crippen LogP contribution in [0.2, 0.25) is 0 Å². The number of nitrogens with one attached hydrogen (secondary N) is 1. The number of rotatable bonds is 1. The van der Waals surface area contributed by atoms with Crippen molar-refractivity contribution in [1.82, 2.24) is 10.2 Å². The molecule has 1 aromatic rings. The quantitative estimate of drug-likeness (QED) is 0.841. The topological polar surface area (TPSA) is 49.4 Å². The van der Waals surface area contributed by atoms with Crippen molar-refractivity contribution < 1.29 is 14.0 Å². The van der Waals surface area contributed by atoms with Gasteiger partial charge in [0.2, 0.25) is 5.91 Å². The summed E-state index contributed by atoms with van der Waals surface area (Å²) in [6.07, 6.45) is 2.11. The van der Waals surface area contributed by atoms with Gasteiger partial charge in [0.1, 0.15) is 5.82 Å². The third-order valence-electron chi connectivity index (χ3n) is 4.47. The lowest BCUT2D eigenvalue weighted by Gasteiger charge is -2.38. The maximum atomic E-state index is 13.8. The largest absolute Gasteiger partial charge is 0.356 e. The van der Waals surface area contributed by atoms with Gasteiger partial charge in [-0.25, -0.2) is 4.39 Å². The SMILES string of the molecule is O=C1CC2(CCN(C(=O)c3cc(Br)ccc3F)CC2)CN1. The molecule has 112 valence electrons. The van der Waals surface area contributed by atoms with Crippen LogP contribution in [0.3, 0.4) is 0 Å². The van der Waals surface area contributed by atoms with Crippen molar-refractivity contribution in [3.05, 3.63) is 34.1 Å². The van der Waals surface area contributed by atoms with E-state index in [0.717, 1.165) is 12.8 Å². The first-order valence-corrected chi connectivity index (χ1v) is 7.79. The highest BCUT2D eigenvalue weighted by Crippen LogP contribution is 2.37. The van der Waals surface area contributed by atoms with Crippen LogP contribution in [0, 0.1) is 11.2 Å². The highest BCUT2D eigenvalue weighted by atomic mass is 79.9. The summed E-state index contributed by atoms with van der Waals surface area (Å²) >= 11 is 3.26. The number of piperidine rings is 1. The van der Waals surface area contributed by atoms with E-state index in [2.05, 4.69) is 21.2 Å². The van der Waals surface area contributed by atoms with Crippen LogP contribution >= 0.6 is 15.9 Å². The molecule has 6 heteroatoms. The molecule has 0 atom stereocenters. The number of likely N-dealkylation sites (tertiary alicyclic amines) is 1. The van der Waals surface area contributed by atoms with E-state index in [-0.39, 0.29) is 22.8 Å². The average Bonchev–Trinajstić information content (AvgIpc) is 2.83. The fourth-order valence-electron chi connectivity index (χ4n) is 3.12. The van der Waals surface area contributed by atoms with Crippen molar-refractivity contribution >= 4 is 27.7 Å². The van der Waals surface area contributed by atoms with Gasteiger partial charge in [-0.2, -0.15) is 0 Å². The predicted octanol–water partition coefficient (Wildman–Crippen LogP) is 2.33. The Morgan fingerprint density at radius 3 is 2.67 bits per heavy atom. The predicted molar refractivity (Wildman–Crippen MR) is 79.3 cm³/mol. The number of halogens is 2. The summed E-state index contributed by atoms with van der Waals surface area (Å²) in [7, 11) is 0. The fourth-order valence-corrected chi connectivity index (χ4v) is 3.48. The second-order valence-electron chi connectivity index (χ2n) is 5.87. The zero-order chi connectivity index (χ0) is 15.0. The lowest BCUT2D eigenvalue weighted by atomic mass is 9.77. The zero-order valence-electron chi connectivity index (χ0n) is 11.5. The lowest BCUT2D eigenvalue weighted by molar-refractivity contribution is -0.119. The van der Waals surface area contributed by atoms with E-state index in [0.29, 0.717) is 30.5 Å². The van der Waals surface area contributed by atoms with Crippen LogP contribution in [0.5, 0.6) is 0 Å². The summed E-state index contributed by atoms with van der Waals surface area (Å²) in [5.74, 6) is -0.685. The van der Waals surface area contributed by atoms with Crippen LogP contribution in [0.15, 0.2) is 22.7 Å². The van der Waals surface area contributed by atoms with Crippen LogP contribution in [0.1, 0.15) is 29.6 Å². The molecule has 4 nitrogen and oxygen atoms in total. The van der Waals surface area contributed by atoms with Gasteiger partial charge in [0.15, 0.2) is 0 Å². The smallest absolute Gasteiger partial charge is 0.256 e. The molecule has 2 aliphatic heterocycles. The summed E-state index contributed by atoms with van der Waals surface area (Å²) in [5.41, 5.74) is 0.0879. The van der Waals surface area contributed by atoms with Gasteiger partial charge in [0, 0.05) is 30.5 Å². The molecule has 0 radical (unpaired) electrons. The minimum absolute atomic E-state index is 0.0102. The molecule has 1 N–H and O–H groups in total. The van der Waals surface area contributed by atoms with Gasteiger partial charge in [-0.05, 0) is 36.5 Å². The highest BCUT2D eigenvalue weighted by Gasteiger charge is 2.41. The molecule has 2 heterocycles. The van der Waals surface area contributed by atoms with E-state index in [4.69, 9.17) is 0 Å². The number of nitrogens with zero attached hydrogens (tertiary/aromatic N) is 1. The molecule has 2 saturated heterocycles. The normalized spacial score (nSPS) is 20.7. The molecule has 2 aliphatic rings. The third kappa shape index (κ3) is 2.81. The van der Waals surface area contributed by atoms with Gasteiger partial charge >= 0.3 is 0 Å². The third-order valence-corrected chi connectivity index (χ3v) is 4.96. The Morgan fingerprint density at radius 1 is 1.33 bits per heavy atom. The molecular weight excluding hydrogens is 339 g/mol. The van der Waals surface area contributed by atoms with Crippen LogP contribution in [-0.2, 0) is 4.79 Å². The van der Waals surface area contributed by atoms with E-state index in [1.165, 1.54) is 12.1 Å².